The summed E-state index contributed by atoms with van der Waals surface area (Å²) in [4.78, 5) is 11.8. The van der Waals surface area contributed by atoms with E-state index in [2.05, 4.69) is 27.8 Å². The fourth-order valence-electron chi connectivity index (χ4n) is 2.61. The molecule has 1 heterocycles. The Labute approximate surface area is 124 Å². The smallest absolute Gasteiger partial charge is 0.230 e. The molecule has 1 saturated carbocycles. The van der Waals surface area contributed by atoms with Crippen LogP contribution in [0.25, 0.3) is 0 Å². The topological polar surface area (TPSA) is 72.7 Å². The lowest BCUT2D eigenvalue weighted by Gasteiger charge is -2.13. The third kappa shape index (κ3) is 4.19. The molecule has 0 spiro atoms. The van der Waals surface area contributed by atoms with Crippen LogP contribution in [0.3, 0.4) is 0 Å². The number of hydrogen-bond acceptors (Lipinski definition) is 5. The molecule has 1 atom stereocenters. The fraction of sp³-hybridized carbons (Fsp3) is 0.846. The Balaban J connectivity index is 1.82. The van der Waals surface area contributed by atoms with Gasteiger partial charge in [-0.1, -0.05) is 37.9 Å². The van der Waals surface area contributed by atoms with E-state index in [1.807, 2.05) is 11.6 Å². The highest BCUT2D eigenvalue weighted by atomic mass is 32.2. The highest BCUT2D eigenvalue weighted by Crippen LogP contribution is 2.31. The Morgan fingerprint density at radius 3 is 2.95 bits per heavy atom. The van der Waals surface area contributed by atoms with Crippen LogP contribution in [0.1, 0.15) is 58.4 Å². The Morgan fingerprint density at radius 2 is 2.25 bits per heavy atom. The number of tetrazole rings is 1. The largest absolute Gasteiger partial charge is 0.353 e. The molecule has 1 aromatic rings. The van der Waals surface area contributed by atoms with E-state index >= 15 is 0 Å². The van der Waals surface area contributed by atoms with Crippen molar-refractivity contribution >= 4 is 17.7 Å². The molecule has 1 amide bonds. The van der Waals surface area contributed by atoms with Crippen molar-refractivity contribution in [3.63, 3.8) is 0 Å². The van der Waals surface area contributed by atoms with Crippen molar-refractivity contribution < 1.29 is 4.79 Å². The van der Waals surface area contributed by atoms with Crippen LogP contribution in [0.15, 0.2) is 5.16 Å². The molecule has 2 rings (SSSR count). The first-order valence-corrected chi connectivity index (χ1v) is 8.39. The van der Waals surface area contributed by atoms with Crippen molar-refractivity contribution in [1.82, 2.24) is 25.5 Å². The van der Waals surface area contributed by atoms with E-state index in [4.69, 9.17) is 0 Å². The monoisotopic (exact) mass is 297 g/mol. The first kappa shape index (κ1) is 15.3. The van der Waals surface area contributed by atoms with Gasteiger partial charge >= 0.3 is 0 Å². The molecular formula is C13H23N5OS. The van der Waals surface area contributed by atoms with E-state index in [9.17, 15) is 4.79 Å². The molecule has 0 radical (unpaired) electrons. The maximum absolute atomic E-state index is 11.8. The molecule has 0 aliphatic heterocycles. The van der Waals surface area contributed by atoms with Gasteiger partial charge in [-0.15, -0.1) is 5.10 Å². The van der Waals surface area contributed by atoms with E-state index in [-0.39, 0.29) is 11.9 Å². The van der Waals surface area contributed by atoms with Crippen LogP contribution >= 0.6 is 11.8 Å². The van der Waals surface area contributed by atoms with Crippen LogP contribution in [0.4, 0.5) is 0 Å². The van der Waals surface area contributed by atoms with Gasteiger partial charge in [0.25, 0.3) is 0 Å². The molecule has 112 valence electrons. The SMILES string of the molecule is CCCC(C)NC(=O)CSc1nnnn1C1CCCC1. The van der Waals surface area contributed by atoms with Crippen molar-refractivity contribution in [2.45, 2.75) is 69.6 Å². The van der Waals surface area contributed by atoms with E-state index in [1.54, 1.807) is 0 Å². The van der Waals surface area contributed by atoms with Crippen LogP contribution in [-0.4, -0.2) is 37.9 Å². The molecular weight excluding hydrogens is 274 g/mol. The van der Waals surface area contributed by atoms with E-state index in [1.165, 1.54) is 24.6 Å². The molecule has 1 aliphatic carbocycles. The number of amides is 1. The lowest BCUT2D eigenvalue weighted by atomic mass is 10.2. The fourth-order valence-corrected chi connectivity index (χ4v) is 3.37. The first-order valence-electron chi connectivity index (χ1n) is 7.40. The van der Waals surface area contributed by atoms with E-state index < -0.39 is 0 Å². The minimum Gasteiger partial charge on any atom is -0.353 e. The molecule has 0 saturated heterocycles. The predicted molar refractivity (Wildman–Crippen MR) is 78.6 cm³/mol. The van der Waals surface area contributed by atoms with Crippen LogP contribution in [0.5, 0.6) is 0 Å². The third-order valence-corrected chi connectivity index (χ3v) is 4.53. The quantitative estimate of drug-likeness (QED) is 0.781. The molecule has 1 unspecified atom stereocenters. The lowest BCUT2D eigenvalue weighted by molar-refractivity contribution is -0.119. The average molecular weight is 297 g/mol. The summed E-state index contributed by atoms with van der Waals surface area (Å²) in [6.07, 6.45) is 6.84. The highest BCUT2D eigenvalue weighted by molar-refractivity contribution is 7.99. The van der Waals surface area contributed by atoms with Crippen molar-refractivity contribution in [3.8, 4) is 0 Å². The van der Waals surface area contributed by atoms with Crippen LogP contribution in [0, 0.1) is 0 Å². The van der Waals surface area contributed by atoms with Crippen molar-refractivity contribution in [3.05, 3.63) is 0 Å². The van der Waals surface area contributed by atoms with E-state index in [0.29, 0.717) is 11.8 Å². The van der Waals surface area contributed by atoms with Crippen molar-refractivity contribution in [1.29, 1.82) is 0 Å². The molecule has 0 aromatic carbocycles. The standard InChI is InChI=1S/C13H23N5OS/c1-3-6-10(2)14-12(19)9-20-13-15-16-17-18(13)11-7-4-5-8-11/h10-11H,3-9H2,1-2H3,(H,14,19). The third-order valence-electron chi connectivity index (χ3n) is 3.59. The average Bonchev–Trinajstić information content (AvgIpc) is 3.07. The first-order chi connectivity index (χ1) is 9.70. The van der Waals surface area contributed by atoms with Crippen LogP contribution < -0.4 is 5.32 Å². The van der Waals surface area contributed by atoms with Gasteiger partial charge in [-0.2, -0.15) is 0 Å². The predicted octanol–water partition coefficient (Wildman–Crippen LogP) is 2.19. The molecule has 6 nitrogen and oxygen atoms in total. The van der Waals surface area contributed by atoms with Crippen molar-refractivity contribution in [2.75, 3.05) is 5.75 Å². The second kappa shape index (κ2) is 7.61. The normalized spacial score (nSPS) is 17.3. The van der Waals surface area contributed by atoms with E-state index in [0.717, 1.165) is 30.8 Å². The summed E-state index contributed by atoms with van der Waals surface area (Å²) in [7, 11) is 0. The zero-order valence-corrected chi connectivity index (χ0v) is 13.0. The molecule has 0 bridgehead atoms. The molecule has 7 heteroatoms. The number of carbonyl (C=O) groups excluding carboxylic acids is 1. The number of nitrogens with zero attached hydrogens (tertiary/aromatic N) is 4. The molecule has 20 heavy (non-hydrogen) atoms. The number of hydrogen-bond donors (Lipinski definition) is 1. The maximum Gasteiger partial charge on any atom is 0.230 e. The van der Waals surface area contributed by atoms with Gasteiger partial charge in [-0.3, -0.25) is 4.79 Å². The number of nitrogens with one attached hydrogen (secondary N) is 1. The van der Waals surface area contributed by atoms with Gasteiger partial charge in [0.05, 0.1) is 11.8 Å². The lowest BCUT2D eigenvalue weighted by Crippen LogP contribution is -2.33. The van der Waals surface area contributed by atoms with Gasteiger partial charge < -0.3 is 5.32 Å². The van der Waals surface area contributed by atoms with Gasteiger partial charge in [0.2, 0.25) is 11.1 Å². The second-order valence-electron chi connectivity index (χ2n) is 5.39. The Hall–Kier alpha value is -1.11. The molecule has 1 fully saturated rings. The number of rotatable bonds is 7. The van der Waals surface area contributed by atoms with Crippen molar-refractivity contribution in [2.24, 2.45) is 0 Å². The molecule has 1 aromatic heterocycles. The van der Waals surface area contributed by atoms with Gasteiger partial charge in [0.15, 0.2) is 0 Å². The van der Waals surface area contributed by atoms with Gasteiger partial charge in [0, 0.05) is 6.04 Å². The van der Waals surface area contributed by atoms with Gasteiger partial charge in [0.1, 0.15) is 0 Å². The minimum atomic E-state index is 0.0527. The molecule has 1 N–H and O–H groups in total. The minimum absolute atomic E-state index is 0.0527. The summed E-state index contributed by atoms with van der Waals surface area (Å²) in [5, 5.41) is 15.6. The highest BCUT2D eigenvalue weighted by Gasteiger charge is 2.22. The molecule has 1 aliphatic rings. The number of carbonyl (C=O) groups is 1. The maximum atomic E-state index is 11.8. The zero-order valence-electron chi connectivity index (χ0n) is 12.2. The Bertz CT molecular complexity index is 430. The van der Waals surface area contributed by atoms with Crippen LogP contribution in [-0.2, 0) is 4.79 Å². The van der Waals surface area contributed by atoms with Gasteiger partial charge in [-0.25, -0.2) is 4.68 Å². The Kier molecular flexibility index (Phi) is 5.82. The summed E-state index contributed by atoms with van der Waals surface area (Å²) in [5.74, 6) is 0.429. The van der Waals surface area contributed by atoms with Crippen LogP contribution in [0.2, 0.25) is 0 Å². The Morgan fingerprint density at radius 1 is 1.50 bits per heavy atom. The summed E-state index contributed by atoms with van der Waals surface area (Å²) >= 11 is 1.42. The zero-order chi connectivity index (χ0) is 14.4. The summed E-state index contributed by atoms with van der Waals surface area (Å²) < 4.78 is 1.89. The number of thioether (sulfide) groups is 1. The summed E-state index contributed by atoms with van der Waals surface area (Å²) in [6.45, 7) is 4.15. The summed E-state index contributed by atoms with van der Waals surface area (Å²) in [6, 6.07) is 0.647. The second-order valence-corrected chi connectivity index (χ2v) is 6.33. The number of aromatic nitrogens is 4. The summed E-state index contributed by atoms with van der Waals surface area (Å²) in [5.41, 5.74) is 0. The van der Waals surface area contributed by atoms with Gasteiger partial charge in [-0.05, 0) is 36.6 Å².